The van der Waals surface area contributed by atoms with Crippen molar-refractivity contribution in [3.05, 3.63) is 55.1 Å². The van der Waals surface area contributed by atoms with E-state index in [0.717, 1.165) is 62.8 Å². The van der Waals surface area contributed by atoms with Gasteiger partial charge in [-0.15, -0.1) is 0 Å². The second-order valence-corrected chi connectivity index (χ2v) is 9.74. The van der Waals surface area contributed by atoms with Crippen molar-refractivity contribution >= 4 is 23.2 Å². The van der Waals surface area contributed by atoms with Crippen LogP contribution in [-0.2, 0) is 9.59 Å². The van der Waals surface area contributed by atoms with Crippen LogP contribution in [0.4, 0.5) is 5.69 Å². The Morgan fingerprint density at radius 2 is 1.43 bits per heavy atom. The summed E-state index contributed by atoms with van der Waals surface area (Å²) in [4.78, 5) is 18.5. The van der Waals surface area contributed by atoms with Crippen LogP contribution in [0.3, 0.4) is 0 Å². The lowest BCUT2D eigenvalue weighted by molar-refractivity contribution is -0.132. The maximum Gasteiger partial charge on any atom is 0.327 e. The minimum atomic E-state index is -1.10. The lowest BCUT2D eigenvalue weighted by Crippen LogP contribution is -2.31. The van der Waals surface area contributed by atoms with Gasteiger partial charge in [-0.05, 0) is 77.2 Å². The van der Waals surface area contributed by atoms with Gasteiger partial charge in [0.05, 0.1) is 12.1 Å². The first-order valence-corrected chi connectivity index (χ1v) is 14.3. The molecule has 0 bridgehead atoms. The number of rotatable bonds is 13. The molecular weight excluding hydrogens is 542 g/mol. The number of fused-ring (bicyclic) bond motifs is 1. The molecule has 2 rings (SSSR count). The first-order chi connectivity index (χ1) is 19.7. The number of unbranched alkanes of at least 4 members (excludes halogenated alkanes) is 5. The Labute approximate surface area is 252 Å². The lowest BCUT2D eigenvalue weighted by Gasteiger charge is -2.31. The van der Waals surface area contributed by atoms with Gasteiger partial charge in [-0.25, -0.2) is 9.59 Å². The van der Waals surface area contributed by atoms with Gasteiger partial charge < -0.3 is 40.7 Å². The number of anilines is 1. The maximum absolute atomic E-state index is 9.25. The van der Waals surface area contributed by atoms with Crippen molar-refractivity contribution in [3.8, 4) is 5.75 Å². The van der Waals surface area contributed by atoms with Crippen LogP contribution in [0.1, 0.15) is 91.5 Å². The Kier molecular flexibility index (Phi) is 28.8. The number of carboxylic acid groups (broad SMARTS) is 2. The van der Waals surface area contributed by atoms with E-state index in [1.807, 2.05) is 13.0 Å². The number of benzene rings is 1. The highest BCUT2D eigenvalue weighted by Gasteiger charge is 2.22. The van der Waals surface area contributed by atoms with Crippen LogP contribution in [0.25, 0.3) is 5.57 Å². The molecule has 1 aliphatic heterocycles. The third-order valence-corrected chi connectivity index (χ3v) is 5.24. The number of ether oxygens (including phenoxy) is 1. The van der Waals surface area contributed by atoms with Crippen LogP contribution < -0.4 is 10.1 Å². The van der Waals surface area contributed by atoms with Crippen LogP contribution in [0.5, 0.6) is 5.75 Å². The van der Waals surface area contributed by atoms with Gasteiger partial charge in [0.2, 0.25) is 0 Å². The van der Waals surface area contributed by atoms with E-state index >= 15 is 0 Å². The third kappa shape index (κ3) is 28.4. The summed E-state index contributed by atoms with van der Waals surface area (Å²) in [5, 5.41) is 52.0. The zero-order valence-electron chi connectivity index (χ0n) is 26.1. The monoisotopic (exact) mass is 597 g/mol. The number of carboxylic acids is 2. The van der Waals surface area contributed by atoms with Crippen LogP contribution >= 0.6 is 0 Å². The van der Waals surface area contributed by atoms with E-state index in [1.165, 1.54) is 16.8 Å². The van der Waals surface area contributed by atoms with Gasteiger partial charge >= 0.3 is 11.9 Å². The van der Waals surface area contributed by atoms with Gasteiger partial charge in [-0.2, -0.15) is 0 Å². The van der Waals surface area contributed by atoms with E-state index in [0.29, 0.717) is 13.0 Å². The molecule has 0 atom stereocenters. The van der Waals surface area contributed by atoms with Crippen LogP contribution in [0.2, 0.25) is 0 Å². The zero-order valence-corrected chi connectivity index (χ0v) is 26.1. The Hall–Kier alpha value is -3.18. The fourth-order valence-electron chi connectivity index (χ4n) is 3.37. The molecule has 42 heavy (non-hydrogen) atoms. The van der Waals surface area contributed by atoms with Crippen molar-refractivity contribution in [2.75, 3.05) is 25.1 Å². The summed E-state index contributed by atoms with van der Waals surface area (Å²) in [5.41, 5.74) is 3.77. The number of hydrogen-bond donors (Lipinski definition) is 7. The smallest absolute Gasteiger partial charge is 0.327 e. The van der Waals surface area contributed by atoms with Crippen LogP contribution in [-0.4, -0.2) is 74.2 Å². The van der Waals surface area contributed by atoms with E-state index in [1.54, 1.807) is 0 Å². The molecule has 10 heteroatoms. The highest BCUT2D eigenvalue weighted by Crippen LogP contribution is 2.35. The Morgan fingerprint density at radius 3 is 1.81 bits per heavy atom. The largest absolute Gasteiger partial charge is 0.494 e. The molecule has 1 heterocycles. The predicted octanol–water partition coefficient (Wildman–Crippen LogP) is 5.62. The fourth-order valence-corrected chi connectivity index (χ4v) is 3.37. The van der Waals surface area contributed by atoms with Gasteiger partial charge in [0.1, 0.15) is 5.75 Å². The van der Waals surface area contributed by atoms with Crippen molar-refractivity contribution in [2.45, 2.75) is 97.8 Å². The van der Waals surface area contributed by atoms with Gasteiger partial charge in [0, 0.05) is 36.6 Å². The molecule has 1 aliphatic rings. The topological polar surface area (TPSA) is 177 Å². The minimum Gasteiger partial charge on any atom is -0.494 e. The fraction of sp³-hybridized carbons (Fsp3) is 0.562. The molecule has 1 aromatic rings. The molecule has 0 aromatic heterocycles. The molecule has 10 nitrogen and oxygen atoms in total. The molecule has 242 valence electrons. The molecule has 0 spiro atoms. The summed E-state index contributed by atoms with van der Waals surface area (Å²) in [7, 11) is 0. The van der Waals surface area contributed by atoms with E-state index < -0.39 is 18.2 Å². The maximum atomic E-state index is 9.25. The molecule has 0 saturated carbocycles. The number of allylic oxidation sites excluding steroid dienone is 1. The van der Waals surface area contributed by atoms with Crippen LogP contribution in [0, 0.1) is 0 Å². The van der Waals surface area contributed by atoms with E-state index in [-0.39, 0.29) is 18.8 Å². The van der Waals surface area contributed by atoms with Gasteiger partial charge in [-0.1, -0.05) is 51.8 Å². The molecule has 1 aromatic carbocycles. The highest BCUT2D eigenvalue weighted by atomic mass is 16.5. The average Bonchev–Trinajstić information content (AvgIpc) is 2.92. The number of hydrogen-bond acceptors (Lipinski definition) is 8. The summed E-state index contributed by atoms with van der Waals surface area (Å²) in [5.74, 6) is -1.02. The molecule has 0 radical (unpaired) electrons. The van der Waals surface area contributed by atoms with Crippen molar-refractivity contribution < 1.29 is 45.0 Å². The Morgan fingerprint density at radius 1 is 0.929 bits per heavy atom. The Balaban J connectivity index is -0.000000500. The summed E-state index contributed by atoms with van der Waals surface area (Å²) >= 11 is 0. The number of nitrogens with one attached hydrogen (secondary N) is 1. The summed E-state index contributed by atoms with van der Waals surface area (Å²) < 4.78 is 5.52. The quantitative estimate of drug-likeness (QED) is 0.0858. The number of aliphatic carboxylic acids is 2. The SMILES string of the molecule is C=CC(=O)O.C=CC(=O)O.CCCCCC(O)O.CCOc1ccc2c(c1)C(C)=CC(C)(C)N2.OCCCCCCO. The molecule has 0 saturated heterocycles. The third-order valence-electron chi connectivity index (χ3n) is 5.24. The molecule has 0 aliphatic carbocycles. The second kappa shape index (κ2) is 28.0. The van der Waals surface area contributed by atoms with Gasteiger partial charge in [0.15, 0.2) is 6.29 Å². The zero-order chi connectivity index (χ0) is 33.0. The minimum absolute atomic E-state index is 0.0320. The number of aliphatic hydroxyl groups excluding tert-OH is 3. The van der Waals surface area contributed by atoms with Crippen molar-refractivity contribution in [1.29, 1.82) is 0 Å². The highest BCUT2D eigenvalue weighted by molar-refractivity contribution is 5.81. The average molecular weight is 598 g/mol. The molecular formula is C32H55NO9. The summed E-state index contributed by atoms with van der Waals surface area (Å²) in [6.45, 7) is 17.8. The Bertz CT molecular complexity index is 872. The van der Waals surface area contributed by atoms with E-state index in [9.17, 15) is 9.59 Å². The normalized spacial score (nSPS) is 11.9. The summed E-state index contributed by atoms with van der Waals surface area (Å²) in [6, 6.07) is 6.22. The van der Waals surface area contributed by atoms with Crippen molar-refractivity contribution in [2.24, 2.45) is 0 Å². The molecule has 7 N–H and O–H groups in total. The van der Waals surface area contributed by atoms with E-state index in [2.05, 4.69) is 64.4 Å². The first kappa shape index (κ1) is 43.3. The predicted molar refractivity (Wildman–Crippen MR) is 170 cm³/mol. The van der Waals surface area contributed by atoms with Crippen molar-refractivity contribution in [1.82, 2.24) is 0 Å². The standard InChI is InChI=1S/C14H19NO.2C6H14O2.2C3H4O2/c1-5-16-11-6-7-13-12(8-11)10(2)9-14(3,4)15-13;1-2-3-4-5-6(7)8;7-5-3-1-2-4-6-8;2*1-2-3(4)5/h6-9,15H,5H2,1-4H3;6-8H,2-5H2,1H3;7-8H,1-6H2;2*2H,1H2,(H,4,5). The molecule has 0 unspecified atom stereocenters. The summed E-state index contributed by atoms with van der Waals surface area (Å²) in [6.07, 6.45) is 10.3. The van der Waals surface area contributed by atoms with Crippen LogP contribution in [0.15, 0.2) is 49.6 Å². The first-order valence-electron chi connectivity index (χ1n) is 14.3. The lowest BCUT2D eigenvalue weighted by atomic mass is 9.91. The molecule has 0 fully saturated rings. The number of aliphatic hydroxyl groups is 4. The second-order valence-electron chi connectivity index (χ2n) is 9.74. The van der Waals surface area contributed by atoms with Gasteiger partial charge in [0.25, 0.3) is 0 Å². The van der Waals surface area contributed by atoms with E-state index in [4.69, 9.17) is 35.4 Å². The number of carbonyl (C=O) groups is 2. The molecule has 0 amide bonds. The van der Waals surface area contributed by atoms with Crippen molar-refractivity contribution in [3.63, 3.8) is 0 Å². The van der Waals surface area contributed by atoms with Gasteiger partial charge in [-0.3, -0.25) is 0 Å².